The van der Waals surface area contributed by atoms with E-state index >= 15 is 0 Å². The zero-order valence-electron chi connectivity index (χ0n) is 4.14. The quantitative estimate of drug-likeness (QED) is 0.532. The van der Waals surface area contributed by atoms with Crippen LogP contribution in [0.15, 0.2) is 0 Å². The molecule has 0 rings (SSSR count). The van der Waals surface area contributed by atoms with Crippen molar-refractivity contribution >= 4 is 24.1 Å². The minimum Gasteiger partial charge on any atom is -0.347 e. The minimum atomic E-state index is -0.0671. The van der Waals surface area contributed by atoms with Crippen LogP contribution in [0, 0.1) is 0 Å². The molecule has 0 fully saturated rings. The fraction of sp³-hybridized carbons (Fsp3) is 0.667. The lowest BCUT2D eigenvalue weighted by atomic mass is 10.7. The Bertz CT molecular complexity index is 73.3. The Balaban J connectivity index is 3.13. The van der Waals surface area contributed by atoms with Crippen LogP contribution in [-0.4, -0.2) is 11.4 Å². The number of rotatable bonds is 1. The third-order valence-electron chi connectivity index (χ3n) is 0.370. The van der Waals surface area contributed by atoms with Gasteiger partial charge < -0.3 is 5.32 Å². The van der Waals surface area contributed by atoms with Gasteiger partial charge >= 0.3 is 0 Å². The van der Waals surface area contributed by atoms with Crippen molar-refractivity contribution in [1.82, 2.24) is 5.32 Å². The van der Waals surface area contributed by atoms with E-state index in [1.54, 1.807) is 0 Å². The van der Waals surface area contributed by atoms with Crippen LogP contribution in [0.3, 0.4) is 0 Å². The summed E-state index contributed by atoms with van der Waals surface area (Å²) in [7, 11) is 4.50. The van der Waals surface area contributed by atoms with E-state index in [0.29, 0.717) is 0 Å². The van der Waals surface area contributed by atoms with E-state index in [1.807, 2.05) is 16.2 Å². The number of nitrogens with one attached hydrogen (secondary N) is 1. The summed E-state index contributed by atoms with van der Waals surface area (Å²) in [6, 6.07) is 0. The summed E-state index contributed by atoms with van der Waals surface area (Å²) < 4.78 is 0. The first kappa shape index (κ1) is 7.33. The molecule has 3 atom stereocenters. The molecule has 0 spiro atoms. The van der Waals surface area contributed by atoms with Crippen LogP contribution in [0.5, 0.6) is 0 Å². The average molecular weight is 137 g/mol. The van der Waals surface area contributed by atoms with E-state index in [0.717, 1.165) is 0 Å². The van der Waals surface area contributed by atoms with Gasteiger partial charge in [0.25, 0.3) is 0 Å². The van der Waals surface area contributed by atoms with Crippen LogP contribution in [-0.2, 0) is 0 Å². The van der Waals surface area contributed by atoms with Crippen molar-refractivity contribution in [2.75, 3.05) is 0 Å². The first-order valence-electron chi connectivity index (χ1n) is 1.94. The van der Waals surface area contributed by atoms with Crippen molar-refractivity contribution in [3.05, 3.63) is 0 Å². The summed E-state index contributed by atoms with van der Waals surface area (Å²) >= 11 is 0. The van der Waals surface area contributed by atoms with Gasteiger partial charge in [0, 0.05) is 5.78 Å². The second kappa shape index (κ2) is 3.35. The monoisotopic (exact) mass is 137 g/mol. The van der Waals surface area contributed by atoms with E-state index in [2.05, 4.69) is 14.6 Å². The molecule has 0 saturated heterocycles. The lowest BCUT2D eigenvalue weighted by Gasteiger charge is -2.01. The van der Waals surface area contributed by atoms with Crippen molar-refractivity contribution in [3.63, 3.8) is 0 Å². The van der Waals surface area contributed by atoms with E-state index < -0.39 is 0 Å². The number of carbonyl (C=O) groups excluding carboxylic acids is 1. The van der Waals surface area contributed by atoms with Gasteiger partial charge in [0.2, 0.25) is 5.65 Å². The van der Waals surface area contributed by atoms with Crippen LogP contribution in [0.4, 0.5) is 4.79 Å². The Labute approximate surface area is 47.8 Å². The van der Waals surface area contributed by atoms with Gasteiger partial charge in [-0.15, -0.1) is 9.24 Å². The van der Waals surface area contributed by atoms with Gasteiger partial charge in [-0.25, -0.2) is 0 Å². The molecule has 0 aromatic heterocycles. The SMILES string of the molecule is CC(P)NC(=O)P. The highest BCUT2D eigenvalue weighted by Crippen LogP contribution is 1.93. The predicted molar refractivity (Wildman–Crippen MR) is 37.4 cm³/mol. The first-order valence-corrected chi connectivity index (χ1v) is 3.19. The van der Waals surface area contributed by atoms with Gasteiger partial charge in [-0.1, -0.05) is 0 Å². The summed E-state index contributed by atoms with van der Waals surface area (Å²) in [5.41, 5.74) is -0.0671. The summed E-state index contributed by atoms with van der Waals surface area (Å²) in [6.45, 7) is 1.88. The van der Waals surface area contributed by atoms with Crippen molar-refractivity contribution in [2.24, 2.45) is 0 Å². The Kier molecular flexibility index (Phi) is 3.50. The molecule has 0 aromatic carbocycles. The van der Waals surface area contributed by atoms with Crippen LogP contribution in [0.25, 0.3) is 0 Å². The topological polar surface area (TPSA) is 29.1 Å². The standard InChI is InChI=1S/C3H9NOP2/c1-2(6)4-3(5)7/h2H,6-7H2,1H3,(H,4,5). The molecular weight excluding hydrogens is 128 g/mol. The summed E-state index contributed by atoms with van der Waals surface area (Å²) in [4.78, 5) is 10.1. The molecule has 1 N–H and O–H groups in total. The fourth-order valence-corrected chi connectivity index (χ4v) is 0.844. The Morgan fingerprint density at radius 3 is 2.29 bits per heavy atom. The van der Waals surface area contributed by atoms with Crippen LogP contribution < -0.4 is 5.32 Å². The highest BCUT2D eigenvalue weighted by molar-refractivity contribution is 7.40. The van der Waals surface area contributed by atoms with Crippen LogP contribution in [0.2, 0.25) is 0 Å². The van der Waals surface area contributed by atoms with E-state index in [9.17, 15) is 4.79 Å². The lowest BCUT2D eigenvalue weighted by molar-refractivity contribution is 0.260. The number of hydrogen-bond donors (Lipinski definition) is 1. The molecule has 2 nitrogen and oxygen atoms in total. The van der Waals surface area contributed by atoms with Crippen LogP contribution >= 0.6 is 18.5 Å². The maximum Gasteiger partial charge on any atom is 0.235 e. The molecule has 0 aliphatic carbocycles. The smallest absolute Gasteiger partial charge is 0.235 e. The van der Waals surface area contributed by atoms with E-state index in [-0.39, 0.29) is 11.4 Å². The summed E-state index contributed by atoms with van der Waals surface area (Å²) in [5.74, 6) is 0.171. The van der Waals surface area contributed by atoms with Crippen molar-refractivity contribution in [3.8, 4) is 0 Å². The molecule has 4 heteroatoms. The molecule has 0 saturated carbocycles. The van der Waals surface area contributed by atoms with E-state index in [1.165, 1.54) is 0 Å². The first-order chi connectivity index (χ1) is 3.13. The molecule has 42 valence electrons. The van der Waals surface area contributed by atoms with Gasteiger partial charge in [-0.3, -0.25) is 4.79 Å². The minimum absolute atomic E-state index is 0.0671. The highest BCUT2D eigenvalue weighted by atomic mass is 31.0. The highest BCUT2D eigenvalue weighted by Gasteiger charge is 1.91. The largest absolute Gasteiger partial charge is 0.347 e. The molecule has 0 aromatic rings. The Morgan fingerprint density at radius 1 is 1.86 bits per heavy atom. The normalized spacial score (nSPS) is 13.0. The second-order valence-electron chi connectivity index (χ2n) is 1.30. The van der Waals surface area contributed by atoms with E-state index in [4.69, 9.17) is 0 Å². The van der Waals surface area contributed by atoms with Crippen molar-refractivity contribution in [1.29, 1.82) is 0 Å². The summed E-state index contributed by atoms with van der Waals surface area (Å²) in [5, 5.41) is 2.59. The summed E-state index contributed by atoms with van der Waals surface area (Å²) in [6.07, 6.45) is 0. The van der Waals surface area contributed by atoms with Crippen molar-refractivity contribution in [2.45, 2.75) is 12.7 Å². The zero-order chi connectivity index (χ0) is 5.86. The maximum absolute atomic E-state index is 10.1. The zero-order valence-corrected chi connectivity index (χ0v) is 6.45. The Morgan fingerprint density at radius 2 is 2.29 bits per heavy atom. The molecule has 0 heterocycles. The van der Waals surface area contributed by atoms with Gasteiger partial charge in [0.15, 0.2) is 0 Å². The molecule has 7 heavy (non-hydrogen) atoms. The third kappa shape index (κ3) is 6.33. The van der Waals surface area contributed by atoms with Gasteiger partial charge in [-0.05, 0) is 16.2 Å². The predicted octanol–water partition coefficient (Wildman–Crippen LogP) is 0.792. The molecule has 0 aliphatic rings. The number of carbonyl (C=O) groups is 1. The average Bonchev–Trinajstić information content (AvgIpc) is 1.27. The maximum atomic E-state index is 10.1. The number of amides is 1. The number of hydrogen-bond acceptors (Lipinski definition) is 1. The van der Waals surface area contributed by atoms with Crippen LogP contribution in [0.1, 0.15) is 6.92 Å². The third-order valence-corrected chi connectivity index (χ3v) is 0.703. The van der Waals surface area contributed by atoms with Crippen molar-refractivity contribution < 1.29 is 4.79 Å². The molecule has 0 radical (unpaired) electrons. The molecular formula is C3H9NOP2. The van der Waals surface area contributed by atoms with Gasteiger partial charge in [0.05, 0.1) is 0 Å². The molecule has 0 aliphatic heterocycles. The fourth-order valence-electron chi connectivity index (χ4n) is 0.224. The lowest BCUT2D eigenvalue weighted by Crippen LogP contribution is -2.21. The molecule has 0 bridgehead atoms. The van der Waals surface area contributed by atoms with Gasteiger partial charge in [-0.2, -0.15) is 0 Å². The van der Waals surface area contributed by atoms with Gasteiger partial charge in [0.1, 0.15) is 0 Å². The second-order valence-corrected chi connectivity index (χ2v) is 2.82. The Hall–Kier alpha value is 0.330. The molecule has 1 amide bonds. The molecule has 3 unspecified atom stereocenters.